The molecule has 0 aliphatic carbocycles. The number of rotatable bonds is 7. The molecule has 1 amide bonds. The summed E-state index contributed by atoms with van der Waals surface area (Å²) in [6.07, 6.45) is 4.73. The van der Waals surface area contributed by atoms with E-state index in [4.69, 9.17) is 10.1 Å². The number of aromatic nitrogens is 5. The van der Waals surface area contributed by atoms with E-state index in [9.17, 15) is 4.79 Å². The van der Waals surface area contributed by atoms with Gasteiger partial charge in [0.05, 0.1) is 12.1 Å². The molecule has 3 heterocycles. The summed E-state index contributed by atoms with van der Waals surface area (Å²) in [7, 11) is 0. The molecule has 0 aliphatic heterocycles. The highest BCUT2D eigenvalue weighted by molar-refractivity contribution is 5.92. The standard InChI is InChI=1S/C26H26N6O/c1-18-22(19(2)32-26(29-18)23-10-5-6-11-24(23)30-32)12-13-25(33)27-16-20-8-3-4-9-21(20)17-31-15-7-14-28-31/h3-11,14-15H,12-13,16-17H2,1-2H3,(H,27,33). The van der Waals surface area contributed by atoms with E-state index in [1.807, 2.05) is 77.8 Å². The fraction of sp³-hybridized carbons (Fsp3) is 0.231. The van der Waals surface area contributed by atoms with E-state index in [1.54, 1.807) is 6.20 Å². The average Bonchev–Trinajstić information content (AvgIpc) is 3.46. The second kappa shape index (κ2) is 8.86. The van der Waals surface area contributed by atoms with Crippen LogP contribution in [0.4, 0.5) is 0 Å². The number of carbonyl (C=O) groups is 1. The summed E-state index contributed by atoms with van der Waals surface area (Å²) in [5, 5.41) is 13.1. The van der Waals surface area contributed by atoms with E-state index in [0.29, 0.717) is 25.9 Å². The number of aryl methyl sites for hydroxylation is 2. The Morgan fingerprint density at radius 2 is 1.79 bits per heavy atom. The topological polar surface area (TPSA) is 77.1 Å². The van der Waals surface area contributed by atoms with E-state index in [-0.39, 0.29) is 5.91 Å². The van der Waals surface area contributed by atoms with Crippen LogP contribution >= 0.6 is 0 Å². The van der Waals surface area contributed by atoms with Crippen molar-refractivity contribution in [2.24, 2.45) is 0 Å². The van der Waals surface area contributed by atoms with Gasteiger partial charge in [-0.05, 0) is 55.2 Å². The van der Waals surface area contributed by atoms with Crippen molar-refractivity contribution in [1.82, 2.24) is 29.7 Å². The molecule has 5 rings (SSSR count). The van der Waals surface area contributed by atoms with Gasteiger partial charge in [0.1, 0.15) is 0 Å². The summed E-state index contributed by atoms with van der Waals surface area (Å²) >= 11 is 0. The normalized spacial score (nSPS) is 11.3. The van der Waals surface area contributed by atoms with E-state index in [2.05, 4.69) is 16.5 Å². The Morgan fingerprint density at radius 1 is 1.00 bits per heavy atom. The van der Waals surface area contributed by atoms with Gasteiger partial charge < -0.3 is 5.32 Å². The fourth-order valence-electron chi connectivity index (χ4n) is 4.31. The van der Waals surface area contributed by atoms with Crippen LogP contribution in [0, 0.1) is 13.8 Å². The van der Waals surface area contributed by atoms with E-state index in [0.717, 1.165) is 44.6 Å². The average molecular weight is 439 g/mol. The van der Waals surface area contributed by atoms with Gasteiger partial charge in [-0.2, -0.15) is 10.2 Å². The molecule has 0 bridgehead atoms. The van der Waals surface area contributed by atoms with Crippen LogP contribution in [0.3, 0.4) is 0 Å². The predicted molar refractivity (Wildman–Crippen MR) is 128 cm³/mol. The molecule has 7 nitrogen and oxygen atoms in total. The van der Waals surface area contributed by atoms with Crippen LogP contribution in [-0.4, -0.2) is 30.3 Å². The Bertz CT molecular complexity index is 1430. The number of carbonyl (C=O) groups excluding carboxylic acids is 1. The van der Waals surface area contributed by atoms with Crippen LogP contribution in [0.1, 0.15) is 34.5 Å². The second-order valence-corrected chi connectivity index (χ2v) is 8.26. The van der Waals surface area contributed by atoms with Crippen molar-refractivity contribution >= 4 is 22.5 Å². The highest BCUT2D eigenvalue weighted by Gasteiger charge is 2.15. The van der Waals surface area contributed by atoms with Crippen molar-refractivity contribution in [2.75, 3.05) is 0 Å². The van der Waals surface area contributed by atoms with Crippen molar-refractivity contribution in [1.29, 1.82) is 0 Å². The van der Waals surface area contributed by atoms with Gasteiger partial charge in [0.15, 0.2) is 5.65 Å². The Morgan fingerprint density at radius 3 is 2.61 bits per heavy atom. The summed E-state index contributed by atoms with van der Waals surface area (Å²) in [6.45, 7) is 5.23. The largest absolute Gasteiger partial charge is 0.352 e. The van der Waals surface area contributed by atoms with Crippen molar-refractivity contribution < 1.29 is 4.79 Å². The zero-order valence-corrected chi connectivity index (χ0v) is 18.8. The SMILES string of the molecule is Cc1nc2c3ccccc3nn2c(C)c1CCC(=O)NCc1ccccc1Cn1cccn1. The lowest BCUT2D eigenvalue weighted by molar-refractivity contribution is -0.121. The Hall–Kier alpha value is -4.00. The van der Waals surface area contributed by atoms with Gasteiger partial charge in [-0.1, -0.05) is 36.4 Å². The molecule has 3 aromatic heterocycles. The van der Waals surface area contributed by atoms with E-state index in [1.165, 1.54) is 0 Å². The maximum Gasteiger partial charge on any atom is 0.220 e. The lowest BCUT2D eigenvalue weighted by atomic mass is 10.1. The van der Waals surface area contributed by atoms with Gasteiger partial charge in [0.25, 0.3) is 0 Å². The summed E-state index contributed by atoms with van der Waals surface area (Å²) in [4.78, 5) is 17.5. The molecule has 166 valence electrons. The minimum Gasteiger partial charge on any atom is -0.352 e. The lowest BCUT2D eigenvalue weighted by Gasteiger charge is -2.13. The molecule has 7 heteroatoms. The fourth-order valence-corrected chi connectivity index (χ4v) is 4.31. The van der Waals surface area contributed by atoms with Crippen LogP contribution in [0.15, 0.2) is 67.0 Å². The molecule has 0 saturated carbocycles. The third kappa shape index (κ3) is 4.22. The first-order valence-electron chi connectivity index (χ1n) is 11.1. The van der Waals surface area contributed by atoms with Gasteiger partial charge in [0, 0.05) is 42.1 Å². The zero-order valence-electron chi connectivity index (χ0n) is 18.8. The molecular formula is C26H26N6O. The predicted octanol–water partition coefficient (Wildman–Crippen LogP) is 3.99. The maximum absolute atomic E-state index is 12.7. The Labute approximate surface area is 192 Å². The molecule has 0 saturated heterocycles. The van der Waals surface area contributed by atoms with Crippen LogP contribution in [-0.2, 0) is 24.3 Å². The summed E-state index contributed by atoms with van der Waals surface area (Å²) in [5.41, 5.74) is 7.09. The smallest absolute Gasteiger partial charge is 0.220 e. The number of nitrogens with one attached hydrogen (secondary N) is 1. The third-order valence-corrected chi connectivity index (χ3v) is 6.11. The van der Waals surface area contributed by atoms with Gasteiger partial charge in [-0.25, -0.2) is 9.50 Å². The van der Waals surface area contributed by atoms with Crippen LogP contribution < -0.4 is 5.32 Å². The molecule has 0 atom stereocenters. The van der Waals surface area contributed by atoms with Gasteiger partial charge in [0.2, 0.25) is 5.91 Å². The van der Waals surface area contributed by atoms with Crippen LogP contribution in [0.2, 0.25) is 0 Å². The summed E-state index contributed by atoms with van der Waals surface area (Å²) in [5.74, 6) is 0.0217. The molecule has 0 aliphatic rings. The molecule has 0 spiro atoms. The number of hydrogen-bond acceptors (Lipinski definition) is 4. The monoisotopic (exact) mass is 438 g/mol. The third-order valence-electron chi connectivity index (χ3n) is 6.11. The molecule has 33 heavy (non-hydrogen) atoms. The maximum atomic E-state index is 12.7. The number of nitrogens with zero attached hydrogens (tertiary/aromatic N) is 5. The minimum atomic E-state index is 0.0217. The molecule has 0 unspecified atom stereocenters. The van der Waals surface area contributed by atoms with E-state index >= 15 is 0 Å². The number of benzene rings is 2. The first kappa shape index (κ1) is 20.9. The highest BCUT2D eigenvalue weighted by Crippen LogP contribution is 2.23. The van der Waals surface area contributed by atoms with Crippen molar-refractivity contribution in [3.05, 3.63) is 95.1 Å². The highest BCUT2D eigenvalue weighted by atomic mass is 16.1. The van der Waals surface area contributed by atoms with Crippen LogP contribution in [0.25, 0.3) is 16.6 Å². The van der Waals surface area contributed by atoms with Gasteiger partial charge >= 0.3 is 0 Å². The van der Waals surface area contributed by atoms with E-state index < -0.39 is 0 Å². The molecule has 5 aromatic rings. The van der Waals surface area contributed by atoms with Crippen molar-refractivity contribution in [3.8, 4) is 0 Å². The Kier molecular flexibility index (Phi) is 5.60. The molecular weight excluding hydrogens is 412 g/mol. The summed E-state index contributed by atoms with van der Waals surface area (Å²) < 4.78 is 3.78. The first-order valence-corrected chi connectivity index (χ1v) is 11.1. The van der Waals surface area contributed by atoms with Crippen LogP contribution in [0.5, 0.6) is 0 Å². The molecule has 1 N–H and O–H groups in total. The van der Waals surface area contributed by atoms with Gasteiger partial charge in [-0.15, -0.1) is 0 Å². The molecule has 2 aromatic carbocycles. The zero-order chi connectivity index (χ0) is 22.8. The lowest BCUT2D eigenvalue weighted by Crippen LogP contribution is -2.24. The van der Waals surface area contributed by atoms with Crippen molar-refractivity contribution in [3.63, 3.8) is 0 Å². The Balaban J connectivity index is 1.27. The number of amides is 1. The summed E-state index contributed by atoms with van der Waals surface area (Å²) in [6, 6.07) is 18.1. The second-order valence-electron chi connectivity index (χ2n) is 8.26. The van der Waals surface area contributed by atoms with Gasteiger partial charge in [-0.3, -0.25) is 9.48 Å². The number of hydrogen-bond donors (Lipinski definition) is 1. The quantitative estimate of drug-likeness (QED) is 0.417. The first-order chi connectivity index (χ1) is 16.1. The minimum absolute atomic E-state index is 0.0217. The molecule has 0 fully saturated rings. The number of fused-ring (bicyclic) bond motifs is 3. The van der Waals surface area contributed by atoms with Crippen molar-refractivity contribution in [2.45, 2.75) is 39.8 Å². The molecule has 0 radical (unpaired) electrons.